The van der Waals surface area contributed by atoms with Gasteiger partial charge in [-0.15, -0.1) is 0 Å². The quantitative estimate of drug-likeness (QED) is 0.716. The molecule has 0 aromatic rings. The van der Waals surface area contributed by atoms with E-state index in [0.717, 1.165) is 32.4 Å². The van der Waals surface area contributed by atoms with Gasteiger partial charge >= 0.3 is 0 Å². The first-order chi connectivity index (χ1) is 9.55. The number of amides is 1. The molecule has 1 fully saturated rings. The third kappa shape index (κ3) is 6.71. The monoisotopic (exact) mass is 283 g/mol. The van der Waals surface area contributed by atoms with E-state index in [1.54, 1.807) is 0 Å². The maximum Gasteiger partial charge on any atom is 0.220 e. The highest BCUT2D eigenvalue weighted by Gasteiger charge is 2.21. The molecule has 0 spiro atoms. The Hall–Kier alpha value is -0.610. The van der Waals surface area contributed by atoms with Crippen LogP contribution in [0.4, 0.5) is 0 Å². The van der Waals surface area contributed by atoms with Crippen LogP contribution in [-0.2, 0) is 4.79 Å². The second-order valence-corrected chi connectivity index (χ2v) is 6.62. The molecular formula is C16H33N3O. The van der Waals surface area contributed by atoms with Gasteiger partial charge in [-0.25, -0.2) is 0 Å². The molecule has 1 rings (SSSR count). The second-order valence-electron chi connectivity index (χ2n) is 6.62. The summed E-state index contributed by atoms with van der Waals surface area (Å²) in [5, 5.41) is 3.20. The van der Waals surface area contributed by atoms with E-state index < -0.39 is 0 Å². The minimum Gasteiger partial charge on any atom is -0.353 e. The minimum atomic E-state index is 0.190. The third-order valence-electron chi connectivity index (χ3n) is 4.10. The summed E-state index contributed by atoms with van der Waals surface area (Å²) >= 11 is 0. The van der Waals surface area contributed by atoms with Gasteiger partial charge in [-0.2, -0.15) is 0 Å². The number of nitrogens with one attached hydrogen (secondary N) is 1. The van der Waals surface area contributed by atoms with E-state index >= 15 is 0 Å². The Balaban J connectivity index is 2.25. The van der Waals surface area contributed by atoms with Crippen LogP contribution in [0.1, 0.15) is 52.9 Å². The summed E-state index contributed by atoms with van der Waals surface area (Å²) in [4.78, 5) is 14.6. The van der Waals surface area contributed by atoms with Gasteiger partial charge in [0.1, 0.15) is 0 Å². The molecule has 1 aliphatic heterocycles. The third-order valence-corrected chi connectivity index (χ3v) is 4.10. The summed E-state index contributed by atoms with van der Waals surface area (Å²) in [6, 6.07) is 0.369. The summed E-state index contributed by atoms with van der Waals surface area (Å²) in [6.07, 6.45) is 5.01. The van der Waals surface area contributed by atoms with Crippen molar-refractivity contribution in [3.05, 3.63) is 0 Å². The van der Waals surface area contributed by atoms with Crippen molar-refractivity contribution in [2.75, 3.05) is 26.2 Å². The molecular weight excluding hydrogens is 250 g/mol. The highest BCUT2D eigenvalue weighted by Crippen LogP contribution is 2.15. The number of nitrogens with two attached hydrogens (primary N) is 1. The van der Waals surface area contributed by atoms with E-state index in [-0.39, 0.29) is 5.91 Å². The number of nitrogens with zero attached hydrogens (tertiary/aromatic N) is 1. The number of hydrogen-bond acceptors (Lipinski definition) is 3. The fourth-order valence-corrected chi connectivity index (χ4v) is 3.10. The van der Waals surface area contributed by atoms with Gasteiger partial charge in [-0.05, 0) is 50.6 Å². The van der Waals surface area contributed by atoms with Crippen LogP contribution in [0.2, 0.25) is 0 Å². The molecule has 0 bridgehead atoms. The molecule has 4 nitrogen and oxygen atoms in total. The fourth-order valence-electron chi connectivity index (χ4n) is 3.10. The van der Waals surface area contributed by atoms with Crippen molar-refractivity contribution < 1.29 is 4.79 Å². The highest BCUT2D eigenvalue weighted by molar-refractivity contribution is 5.76. The van der Waals surface area contributed by atoms with Gasteiger partial charge in [0.15, 0.2) is 0 Å². The van der Waals surface area contributed by atoms with Crippen molar-refractivity contribution in [2.45, 2.75) is 58.9 Å². The van der Waals surface area contributed by atoms with Crippen LogP contribution in [0.15, 0.2) is 0 Å². The Morgan fingerprint density at radius 1 is 1.35 bits per heavy atom. The molecule has 4 heteroatoms. The molecule has 1 atom stereocenters. The molecule has 20 heavy (non-hydrogen) atoms. The van der Waals surface area contributed by atoms with Gasteiger partial charge in [0, 0.05) is 25.6 Å². The zero-order valence-corrected chi connectivity index (χ0v) is 13.5. The van der Waals surface area contributed by atoms with Crippen LogP contribution in [0.5, 0.6) is 0 Å². The van der Waals surface area contributed by atoms with Crippen LogP contribution in [0.25, 0.3) is 0 Å². The molecule has 0 saturated carbocycles. The first-order valence-corrected chi connectivity index (χ1v) is 8.26. The first-order valence-electron chi connectivity index (χ1n) is 8.26. The van der Waals surface area contributed by atoms with Crippen molar-refractivity contribution in [3.8, 4) is 0 Å². The summed E-state index contributed by atoms with van der Waals surface area (Å²) in [7, 11) is 0. The van der Waals surface area contributed by atoms with Crippen LogP contribution >= 0.6 is 0 Å². The number of carbonyl (C=O) groups is 1. The topological polar surface area (TPSA) is 58.4 Å². The molecule has 0 radical (unpaired) electrons. The Labute approximate surface area is 124 Å². The molecule has 1 saturated heterocycles. The van der Waals surface area contributed by atoms with Crippen molar-refractivity contribution in [1.29, 1.82) is 0 Å². The largest absolute Gasteiger partial charge is 0.353 e. The Morgan fingerprint density at radius 3 is 2.50 bits per heavy atom. The molecule has 0 aromatic heterocycles. The summed E-state index contributed by atoms with van der Waals surface area (Å²) in [6.45, 7) is 10.6. The van der Waals surface area contributed by atoms with Gasteiger partial charge in [0.05, 0.1) is 0 Å². The van der Waals surface area contributed by atoms with E-state index in [1.165, 1.54) is 13.0 Å². The lowest BCUT2D eigenvalue weighted by Crippen LogP contribution is -2.45. The predicted molar refractivity (Wildman–Crippen MR) is 84.5 cm³/mol. The van der Waals surface area contributed by atoms with Crippen LogP contribution < -0.4 is 11.1 Å². The standard InChI is InChI=1S/C16H33N3O/c1-4-7-19-8-5-15(6-9-19)18-16(20)11-14(12-17)10-13(2)3/h13-15H,4-12,17H2,1-3H3,(H,18,20). The minimum absolute atomic E-state index is 0.190. The molecule has 1 aliphatic rings. The SMILES string of the molecule is CCCN1CCC(NC(=O)CC(CN)CC(C)C)CC1. The normalized spacial score (nSPS) is 19.2. The molecule has 0 aromatic carbocycles. The summed E-state index contributed by atoms with van der Waals surface area (Å²) < 4.78 is 0. The van der Waals surface area contributed by atoms with Crippen LogP contribution in [-0.4, -0.2) is 43.0 Å². The molecule has 118 valence electrons. The van der Waals surface area contributed by atoms with E-state index in [1.807, 2.05) is 0 Å². The van der Waals surface area contributed by atoms with Crippen LogP contribution in [0, 0.1) is 11.8 Å². The maximum atomic E-state index is 12.1. The molecule has 1 amide bonds. The van der Waals surface area contributed by atoms with Crippen molar-refractivity contribution in [1.82, 2.24) is 10.2 Å². The van der Waals surface area contributed by atoms with E-state index in [9.17, 15) is 4.79 Å². The first kappa shape index (κ1) is 17.4. The molecule has 3 N–H and O–H groups in total. The smallest absolute Gasteiger partial charge is 0.220 e. The van der Waals surface area contributed by atoms with Gasteiger partial charge in [-0.3, -0.25) is 4.79 Å². The fraction of sp³-hybridized carbons (Fsp3) is 0.938. The lowest BCUT2D eigenvalue weighted by atomic mass is 9.93. The Bertz CT molecular complexity index is 273. The average molecular weight is 283 g/mol. The zero-order valence-electron chi connectivity index (χ0n) is 13.5. The summed E-state index contributed by atoms with van der Waals surface area (Å²) in [5.74, 6) is 1.12. The van der Waals surface area contributed by atoms with Gasteiger partial charge < -0.3 is 16.0 Å². The lowest BCUT2D eigenvalue weighted by molar-refractivity contribution is -0.123. The number of likely N-dealkylation sites (tertiary alicyclic amines) is 1. The number of piperidine rings is 1. The zero-order chi connectivity index (χ0) is 15.0. The van der Waals surface area contributed by atoms with Gasteiger partial charge in [0.25, 0.3) is 0 Å². The maximum absolute atomic E-state index is 12.1. The van der Waals surface area contributed by atoms with Crippen molar-refractivity contribution in [3.63, 3.8) is 0 Å². The number of hydrogen-bond donors (Lipinski definition) is 2. The van der Waals surface area contributed by atoms with Gasteiger partial charge in [-0.1, -0.05) is 20.8 Å². The summed E-state index contributed by atoms with van der Waals surface area (Å²) in [5.41, 5.74) is 5.77. The highest BCUT2D eigenvalue weighted by atomic mass is 16.1. The number of carbonyl (C=O) groups excluding carboxylic acids is 1. The predicted octanol–water partition coefficient (Wildman–Crippen LogP) is 1.99. The second kappa shape index (κ2) is 9.35. The van der Waals surface area contributed by atoms with Crippen molar-refractivity contribution >= 4 is 5.91 Å². The molecule has 1 heterocycles. The van der Waals surface area contributed by atoms with E-state index in [4.69, 9.17) is 5.73 Å². The average Bonchev–Trinajstić information content (AvgIpc) is 2.40. The molecule has 0 aliphatic carbocycles. The van der Waals surface area contributed by atoms with E-state index in [2.05, 4.69) is 31.0 Å². The number of rotatable bonds is 8. The Morgan fingerprint density at radius 2 is 2.00 bits per heavy atom. The van der Waals surface area contributed by atoms with Gasteiger partial charge in [0.2, 0.25) is 5.91 Å². The van der Waals surface area contributed by atoms with Crippen molar-refractivity contribution in [2.24, 2.45) is 17.6 Å². The lowest BCUT2D eigenvalue weighted by Gasteiger charge is -2.32. The Kier molecular flexibility index (Phi) is 8.15. The molecule has 1 unspecified atom stereocenters. The van der Waals surface area contributed by atoms with Crippen LogP contribution in [0.3, 0.4) is 0 Å². The van der Waals surface area contributed by atoms with E-state index in [0.29, 0.717) is 30.8 Å².